The predicted molar refractivity (Wildman–Crippen MR) is 140 cm³/mol. The molecule has 2 saturated heterocycles. The number of nitrogens with one attached hydrogen (secondary N) is 1. The first-order chi connectivity index (χ1) is 18.6. The zero-order valence-electron chi connectivity index (χ0n) is 20.8. The molecule has 38 heavy (non-hydrogen) atoms. The number of hydrogen-bond acceptors (Lipinski definition) is 9. The van der Waals surface area contributed by atoms with Crippen LogP contribution in [0.5, 0.6) is 17.2 Å². The zero-order chi connectivity index (χ0) is 26.1. The third-order valence-electron chi connectivity index (χ3n) is 6.49. The molecule has 2 aliphatic rings. The molecule has 10 nitrogen and oxygen atoms in total. The lowest BCUT2D eigenvalue weighted by Crippen LogP contribution is -2.55. The van der Waals surface area contributed by atoms with Crippen molar-refractivity contribution in [3.05, 3.63) is 67.7 Å². The van der Waals surface area contributed by atoms with Gasteiger partial charge in [-0.2, -0.15) is 0 Å². The molecule has 0 spiro atoms. The molecule has 1 N–H and O–H groups in total. The number of aromatic nitrogens is 2. The number of anilines is 2. The fourth-order valence-corrected chi connectivity index (χ4v) is 4.33. The summed E-state index contributed by atoms with van der Waals surface area (Å²) in [6.45, 7) is 5.59. The van der Waals surface area contributed by atoms with E-state index in [-0.39, 0.29) is 18.1 Å². The first-order valence-electron chi connectivity index (χ1n) is 12.2. The van der Waals surface area contributed by atoms with Crippen LogP contribution in [0.4, 0.5) is 11.5 Å². The number of hydrogen-bond donors (Lipinski definition) is 1. The summed E-state index contributed by atoms with van der Waals surface area (Å²) in [5, 5.41) is 4.17. The van der Waals surface area contributed by atoms with E-state index < -0.39 is 0 Å². The molecule has 4 heterocycles. The van der Waals surface area contributed by atoms with Gasteiger partial charge < -0.3 is 33.6 Å². The molecular formula is C28H26N4O6. The van der Waals surface area contributed by atoms with Gasteiger partial charge in [0, 0.05) is 17.0 Å². The molecule has 194 valence electrons. The molecule has 0 saturated carbocycles. The van der Waals surface area contributed by atoms with E-state index in [0.717, 1.165) is 22.4 Å². The van der Waals surface area contributed by atoms with E-state index in [1.165, 1.54) is 12.4 Å². The number of methoxy groups -OCH3 is 1. The predicted octanol–water partition coefficient (Wildman–Crippen LogP) is 4.20. The average molecular weight is 515 g/mol. The van der Waals surface area contributed by atoms with E-state index in [1.54, 1.807) is 18.3 Å². The number of ether oxygens (including phenoxy) is 4. The van der Waals surface area contributed by atoms with Gasteiger partial charge in [0.2, 0.25) is 5.91 Å². The Hall–Kier alpha value is -4.57. The number of rotatable bonds is 9. The Kier molecular flexibility index (Phi) is 6.30. The Morgan fingerprint density at radius 1 is 1.08 bits per heavy atom. The number of furan rings is 1. The van der Waals surface area contributed by atoms with Crippen LogP contribution < -0.4 is 19.5 Å². The van der Waals surface area contributed by atoms with Crippen LogP contribution in [0, 0.1) is 0 Å². The minimum Gasteiger partial charge on any atom is -0.493 e. The summed E-state index contributed by atoms with van der Waals surface area (Å²) in [4.78, 5) is 22.4. The highest BCUT2D eigenvalue weighted by Gasteiger charge is 2.32. The molecule has 4 aromatic rings. The summed E-state index contributed by atoms with van der Waals surface area (Å²) in [5.74, 6) is 2.96. The molecule has 2 fully saturated rings. The molecule has 2 aromatic carbocycles. The van der Waals surface area contributed by atoms with E-state index in [1.807, 2.05) is 42.5 Å². The van der Waals surface area contributed by atoms with Crippen molar-refractivity contribution in [2.75, 3.05) is 38.7 Å². The van der Waals surface area contributed by atoms with Crippen LogP contribution in [0.1, 0.15) is 0 Å². The third kappa shape index (κ3) is 4.61. The van der Waals surface area contributed by atoms with Crippen molar-refractivity contribution in [2.45, 2.75) is 12.2 Å². The van der Waals surface area contributed by atoms with E-state index in [0.29, 0.717) is 54.9 Å². The van der Waals surface area contributed by atoms with Crippen molar-refractivity contribution < 1.29 is 28.2 Å². The Morgan fingerprint density at radius 2 is 1.92 bits per heavy atom. The standard InChI is InChI=1S/C28H26N4O6/c1-3-27(33)32-12-18(13-32)37-26-10-20-21(11-25(26)34-2)29-16-30-28(20)31-22-9-17(23-5-4-8-36-23)6-7-24(22)38-19-14-35-15-19/h3-11,16,18-19H,1,12-15H2,2H3,(H,29,30,31). The molecule has 0 radical (unpaired) electrons. The van der Waals surface area contributed by atoms with Gasteiger partial charge in [0.05, 0.1) is 50.9 Å². The van der Waals surface area contributed by atoms with Crippen LogP contribution >= 0.6 is 0 Å². The minimum atomic E-state index is -0.152. The summed E-state index contributed by atoms with van der Waals surface area (Å²) in [7, 11) is 1.58. The second kappa shape index (κ2) is 10.1. The molecule has 2 aromatic heterocycles. The van der Waals surface area contributed by atoms with Crippen molar-refractivity contribution in [1.82, 2.24) is 14.9 Å². The zero-order valence-corrected chi connectivity index (χ0v) is 20.8. The number of carbonyl (C=O) groups excluding carboxylic acids is 1. The molecule has 1 amide bonds. The fraction of sp³-hybridized carbons (Fsp3) is 0.250. The maximum absolute atomic E-state index is 11.8. The summed E-state index contributed by atoms with van der Waals surface area (Å²) < 4.78 is 28.8. The van der Waals surface area contributed by atoms with E-state index in [9.17, 15) is 4.79 Å². The number of benzene rings is 2. The van der Waals surface area contributed by atoms with Gasteiger partial charge in [-0.15, -0.1) is 0 Å². The number of likely N-dealkylation sites (tertiary alicyclic amines) is 1. The van der Waals surface area contributed by atoms with Gasteiger partial charge in [-0.1, -0.05) is 6.58 Å². The van der Waals surface area contributed by atoms with Crippen molar-refractivity contribution in [3.63, 3.8) is 0 Å². The van der Waals surface area contributed by atoms with Gasteiger partial charge in [0.15, 0.2) is 11.5 Å². The van der Waals surface area contributed by atoms with Crippen molar-refractivity contribution in [3.8, 4) is 28.6 Å². The van der Waals surface area contributed by atoms with Crippen LogP contribution in [-0.2, 0) is 9.53 Å². The highest BCUT2D eigenvalue weighted by atomic mass is 16.6. The summed E-state index contributed by atoms with van der Waals surface area (Å²) in [5.41, 5.74) is 2.30. The largest absolute Gasteiger partial charge is 0.493 e. The van der Waals surface area contributed by atoms with E-state index in [2.05, 4.69) is 21.9 Å². The summed E-state index contributed by atoms with van der Waals surface area (Å²) in [6.07, 6.45) is 4.28. The molecular weight excluding hydrogens is 488 g/mol. The topological polar surface area (TPSA) is 108 Å². The van der Waals surface area contributed by atoms with Crippen LogP contribution in [0.15, 0.2) is 72.1 Å². The lowest BCUT2D eigenvalue weighted by atomic mass is 10.1. The highest BCUT2D eigenvalue weighted by Crippen LogP contribution is 2.39. The molecule has 2 aliphatic heterocycles. The lowest BCUT2D eigenvalue weighted by Gasteiger charge is -2.38. The van der Waals surface area contributed by atoms with Crippen LogP contribution in [0.25, 0.3) is 22.2 Å². The number of amides is 1. The first-order valence-corrected chi connectivity index (χ1v) is 12.2. The maximum Gasteiger partial charge on any atom is 0.246 e. The lowest BCUT2D eigenvalue weighted by molar-refractivity contribution is -0.134. The first kappa shape index (κ1) is 23.8. The number of nitrogens with zero attached hydrogens (tertiary/aromatic N) is 3. The molecule has 0 bridgehead atoms. The van der Waals surface area contributed by atoms with Crippen molar-refractivity contribution in [2.24, 2.45) is 0 Å². The Balaban J connectivity index is 1.33. The average Bonchev–Trinajstić information content (AvgIpc) is 3.43. The minimum absolute atomic E-state index is 0.00793. The van der Waals surface area contributed by atoms with Gasteiger partial charge >= 0.3 is 0 Å². The second-order valence-corrected chi connectivity index (χ2v) is 9.02. The Morgan fingerprint density at radius 3 is 2.63 bits per heavy atom. The van der Waals surface area contributed by atoms with Crippen LogP contribution in [0.3, 0.4) is 0 Å². The van der Waals surface area contributed by atoms with Gasteiger partial charge in [0.25, 0.3) is 0 Å². The van der Waals surface area contributed by atoms with Gasteiger partial charge in [-0.05, 0) is 42.5 Å². The molecule has 10 heteroatoms. The smallest absolute Gasteiger partial charge is 0.246 e. The monoisotopic (exact) mass is 514 g/mol. The van der Waals surface area contributed by atoms with Crippen molar-refractivity contribution >= 4 is 28.3 Å². The second-order valence-electron chi connectivity index (χ2n) is 9.02. The normalized spacial score (nSPS) is 15.4. The van der Waals surface area contributed by atoms with Gasteiger partial charge in [0.1, 0.15) is 35.9 Å². The van der Waals surface area contributed by atoms with Gasteiger partial charge in [-0.3, -0.25) is 4.79 Å². The van der Waals surface area contributed by atoms with Crippen LogP contribution in [0.2, 0.25) is 0 Å². The Labute approximate surface area is 218 Å². The Bertz CT molecular complexity index is 1480. The quantitative estimate of drug-likeness (QED) is 0.329. The van der Waals surface area contributed by atoms with Crippen LogP contribution in [-0.4, -0.2) is 66.4 Å². The van der Waals surface area contributed by atoms with E-state index in [4.69, 9.17) is 23.4 Å². The highest BCUT2D eigenvalue weighted by molar-refractivity contribution is 5.94. The molecule has 0 atom stereocenters. The SMILES string of the molecule is C=CC(=O)N1CC(Oc2cc3c(Nc4cc(-c5ccco5)ccc4OC4COC4)ncnc3cc2OC)C1. The fourth-order valence-electron chi connectivity index (χ4n) is 4.33. The summed E-state index contributed by atoms with van der Waals surface area (Å²) in [6, 6.07) is 13.2. The summed E-state index contributed by atoms with van der Waals surface area (Å²) >= 11 is 0. The third-order valence-corrected chi connectivity index (χ3v) is 6.49. The molecule has 0 aliphatic carbocycles. The van der Waals surface area contributed by atoms with Gasteiger partial charge in [-0.25, -0.2) is 9.97 Å². The molecule has 6 rings (SSSR count). The molecule has 0 unspecified atom stereocenters. The maximum atomic E-state index is 11.8. The van der Waals surface area contributed by atoms with Crippen molar-refractivity contribution in [1.29, 1.82) is 0 Å². The number of carbonyl (C=O) groups is 1. The number of fused-ring (bicyclic) bond motifs is 1. The van der Waals surface area contributed by atoms with E-state index >= 15 is 0 Å².